The molecular weight excluding hydrogens is 394 g/mol. The van der Waals surface area contributed by atoms with E-state index >= 15 is 0 Å². The summed E-state index contributed by atoms with van der Waals surface area (Å²) in [7, 11) is 0. The van der Waals surface area contributed by atoms with Gasteiger partial charge in [0.25, 0.3) is 5.22 Å². The van der Waals surface area contributed by atoms with Crippen molar-refractivity contribution in [1.82, 2.24) is 10.2 Å². The molecule has 30 heavy (non-hydrogen) atoms. The van der Waals surface area contributed by atoms with E-state index in [1.807, 2.05) is 92.7 Å². The van der Waals surface area contributed by atoms with Gasteiger partial charge in [0.15, 0.2) is 0 Å². The van der Waals surface area contributed by atoms with Crippen LogP contribution in [-0.2, 0) is 4.79 Å². The van der Waals surface area contributed by atoms with Gasteiger partial charge >= 0.3 is 0 Å². The quantitative estimate of drug-likeness (QED) is 0.402. The fourth-order valence-corrected chi connectivity index (χ4v) is 3.90. The first-order valence-corrected chi connectivity index (χ1v) is 10.5. The van der Waals surface area contributed by atoms with Crippen LogP contribution in [0, 0.1) is 13.8 Å². The summed E-state index contributed by atoms with van der Waals surface area (Å²) in [4.78, 5) is 13.2. The van der Waals surface area contributed by atoms with Gasteiger partial charge in [-0.15, -0.1) is 10.2 Å². The van der Waals surface area contributed by atoms with E-state index in [1.165, 1.54) is 11.8 Å². The van der Waals surface area contributed by atoms with E-state index in [9.17, 15) is 4.79 Å². The minimum absolute atomic E-state index is 0.139. The number of nitrogens with zero attached hydrogens (tertiary/aromatic N) is 2. The summed E-state index contributed by atoms with van der Waals surface area (Å²) in [6, 6.07) is 25.2. The second kappa shape index (κ2) is 8.97. The zero-order chi connectivity index (χ0) is 20.9. The van der Waals surface area contributed by atoms with Crippen LogP contribution in [0.15, 0.2) is 88.5 Å². The maximum atomic E-state index is 13.2. The fourth-order valence-electron chi connectivity index (χ4n) is 3.03. The lowest BCUT2D eigenvalue weighted by atomic mass is 10.1. The second-order valence-corrected chi connectivity index (χ2v) is 8.01. The summed E-state index contributed by atoms with van der Waals surface area (Å²) in [5, 5.41) is 11.2. The average molecular weight is 416 g/mol. The van der Waals surface area contributed by atoms with Gasteiger partial charge < -0.3 is 9.73 Å². The minimum atomic E-state index is -0.532. The van der Waals surface area contributed by atoms with E-state index in [-0.39, 0.29) is 5.91 Å². The number of hydrogen-bond donors (Lipinski definition) is 1. The van der Waals surface area contributed by atoms with Crippen LogP contribution in [0.1, 0.15) is 21.9 Å². The van der Waals surface area contributed by atoms with Crippen molar-refractivity contribution in [2.45, 2.75) is 24.3 Å². The van der Waals surface area contributed by atoms with E-state index in [0.717, 1.165) is 27.9 Å². The molecule has 1 N–H and O–H groups in total. The summed E-state index contributed by atoms with van der Waals surface area (Å²) < 4.78 is 5.83. The number of aromatic nitrogens is 2. The van der Waals surface area contributed by atoms with Crippen LogP contribution in [0.5, 0.6) is 0 Å². The maximum Gasteiger partial charge on any atom is 0.277 e. The van der Waals surface area contributed by atoms with Gasteiger partial charge in [0.05, 0.1) is 0 Å². The molecule has 1 atom stereocenters. The van der Waals surface area contributed by atoms with Crippen molar-refractivity contribution in [3.8, 4) is 11.5 Å². The highest BCUT2D eigenvalue weighted by Gasteiger charge is 2.25. The van der Waals surface area contributed by atoms with Crippen molar-refractivity contribution in [3.05, 3.63) is 95.6 Å². The number of anilines is 1. The molecule has 0 bridgehead atoms. The topological polar surface area (TPSA) is 68.0 Å². The Labute approximate surface area is 179 Å². The van der Waals surface area contributed by atoms with Crippen molar-refractivity contribution in [3.63, 3.8) is 0 Å². The Morgan fingerprint density at radius 1 is 0.933 bits per heavy atom. The highest BCUT2D eigenvalue weighted by Crippen LogP contribution is 2.36. The molecule has 0 unspecified atom stereocenters. The molecule has 5 nitrogen and oxygen atoms in total. The molecule has 4 aromatic rings. The molecule has 0 saturated heterocycles. The molecule has 0 fully saturated rings. The van der Waals surface area contributed by atoms with E-state index in [2.05, 4.69) is 15.5 Å². The Balaban J connectivity index is 1.60. The van der Waals surface area contributed by atoms with E-state index in [4.69, 9.17) is 4.42 Å². The normalized spacial score (nSPS) is 11.8. The zero-order valence-electron chi connectivity index (χ0n) is 16.7. The van der Waals surface area contributed by atoms with Crippen LogP contribution in [-0.4, -0.2) is 16.1 Å². The van der Waals surface area contributed by atoms with Crippen molar-refractivity contribution < 1.29 is 9.21 Å². The highest BCUT2D eigenvalue weighted by atomic mass is 32.2. The van der Waals surface area contributed by atoms with Crippen molar-refractivity contribution in [2.24, 2.45) is 0 Å². The Kier molecular flexibility index (Phi) is 5.95. The van der Waals surface area contributed by atoms with E-state index in [0.29, 0.717) is 11.1 Å². The smallest absolute Gasteiger partial charge is 0.277 e. The maximum absolute atomic E-state index is 13.2. The number of nitrogens with one attached hydrogen (secondary N) is 1. The third-order valence-corrected chi connectivity index (χ3v) is 5.73. The molecule has 150 valence electrons. The summed E-state index contributed by atoms with van der Waals surface area (Å²) in [5.74, 6) is 0.291. The first-order chi connectivity index (χ1) is 14.6. The molecular formula is C24H21N3O2S. The molecule has 4 rings (SSSR count). The van der Waals surface area contributed by atoms with Gasteiger partial charge in [0, 0.05) is 11.3 Å². The lowest BCUT2D eigenvalue weighted by Gasteiger charge is -2.16. The van der Waals surface area contributed by atoms with Gasteiger partial charge in [-0.05, 0) is 60.5 Å². The molecule has 6 heteroatoms. The van der Waals surface area contributed by atoms with Crippen LogP contribution in [0.4, 0.5) is 5.69 Å². The van der Waals surface area contributed by atoms with Crippen molar-refractivity contribution in [1.29, 1.82) is 0 Å². The first-order valence-electron chi connectivity index (χ1n) is 9.59. The molecule has 0 saturated carbocycles. The van der Waals surface area contributed by atoms with Crippen LogP contribution in [0.2, 0.25) is 0 Å². The van der Waals surface area contributed by atoms with Gasteiger partial charge in [-0.2, -0.15) is 0 Å². The van der Waals surface area contributed by atoms with E-state index in [1.54, 1.807) is 0 Å². The third kappa shape index (κ3) is 4.60. The van der Waals surface area contributed by atoms with Crippen LogP contribution < -0.4 is 5.32 Å². The molecule has 3 aromatic carbocycles. The summed E-state index contributed by atoms with van der Waals surface area (Å²) in [6.07, 6.45) is 0. The summed E-state index contributed by atoms with van der Waals surface area (Å²) in [6.45, 7) is 3.98. The zero-order valence-corrected chi connectivity index (χ0v) is 17.5. The van der Waals surface area contributed by atoms with Gasteiger partial charge in [-0.25, -0.2) is 0 Å². The van der Waals surface area contributed by atoms with Crippen LogP contribution >= 0.6 is 11.8 Å². The Morgan fingerprint density at radius 3 is 2.37 bits per heavy atom. The number of rotatable bonds is 6. The lowest BCUT2D eigenvalue weighted by Crippen LogP contribution is -2.19. The average Bonchev–Trinajstić information content (AvgIpc) is 3.24. The molecule has 0 aliphatic rings. The number of thioether (sulfide) groups is 1. The van der Waals surface area contributed by atoms with Gasteiger partial charge in [-0.3, -0.25) is 4.79 Å². The van der Waals surface area contributed by atoms with Gasteiger partial charge in [0.2, 0.25) is 11.8 Å². The summed E-state index contributed by atoms with van der Waals surface area (Å²) in [5.41, 5.74) is 4.61. The van der Waals surface area contributed by atoms with Gasteiger partial charge in [-0.1, -0.05) is 60.7 Å². The van der Waals surface area contributed by atoms with Crippen molar-refractivity contribution in [2.75, 3.05) is 5.32 Å². The second-order valence-electron chi connectivity index (χ2n) is 6.96. The minimum Gasteiger partial charge on any atom is -0.411 e. The summed E-state index contributed by atoms with van der Waals surface area (Å²) >= 11 is 1.24. The highest BCUT2D eigenvalue weighted by molar-refractivity contribution is 8.00. The number of hydrogen-bond acceptors (Lipinski definition) is 5. The SMILES string of the molecule is Cc1ccc(C)c(NC(=O)[C@H](Sc2nnc(-c3ccccc3)o2)c2ccccc2)c1. The molecule has 0 aliphatic heterocycles. The van der Waals surface area contributed by atoms with Gasteiger partial charge in [0.1, 0.15) is 5.25 Å². The lowest BCUT2D eigenvalue weighted by molar-refractivity contribution is -0.115. The van der Waals surface area contributed by atoms with E-state index < -0.39 is 5.25 Å². The number of amides is 1. The van der Waals surface area contributed by atoms with Crippen LogP contribution in [0.3, 0.4) is 0 Å². The molecule has 0 radical (unpaired) electrons. The number of carbonyl (C=O) groups is 1. The number of carbonyl (C=O) groups excluding carboxylic acids is 1. The Bertz CT molecular complexity index is 1140. The predicted molar refractivity (Wildman–Crippen MR) is 119 cm³/mol. The number of aryl methyl sites for hydroxylation is 2. The molecule has 1 aromatic heterocycles. The number of benzene rings is 3. The predicted octanol–water partition coefficient (Wildman–Crippen LogP) is 5.83. The third-order valence-electron chi connectivity index (χ3n) is 4.64. The Morgan fingerprint density at radius 2 is 1.63 bits per heavy atom. The van der Waals surface area contributed by atoms with Crippen LogP contribution in [0.25, 0.3) is 11.5 Å². The first kappa shape index (κ1) is 19.9. The molecule has 1 amide bonds. The largest absolute Gasteiger partial charge is 0.411 e. The standard InChI is InChI=1S/C24H21N3O2S/c1-16-13-14-17(2)20(15-16)25-22(28)21(18-9-5-3-6-10-18)30-24-27-26-23(29-24)19-11-7-4-8-12-19/h3-15,21H,1-2H3,(H,25,28)/t21-/m1/s1. The monoisotopic (exact) mass is 415 g/mol. The fraction of sp³-hybridized carbons (Fsp3) is 0.125. The van der Waals surface area contributed by atoms with Crippen molar-refractivity contribution >= 4 is 23.4 Å². The Hall–Kier alpha value is -3.38. The molecule has 0 aliphatic carbocycles. The molecule has 0 spiro atoms. The molecule has 1 heterocycles.